The zero-order chi connectivity index (χ0) is 19.8. The molecule has 0 aliphatic heterocycles. The van der Waals surface area contributed by atoms with E-state index >= 15 is 0 Å². The maximum Gasteiger partial charge on any atom is 0.273 e. The molecule has 9 nitrogen and oxygen atoms in total. The topological polar surface area (TPSA) is 133 Å². The first-order valence-corrected chi connectivity index (χ1v) is 10.2. The summed E-state index contributed by atoms with van der Waals surface area (Å²) in [6.45, 7) is 3.41. The van der Waals surface area contributed by atoms with Crippen LogP contribution >= 0.6 is 11.3 Å². The number of aryl methyl sites for hydroxylation is 3. The van der Waals surface area contributed by atoms with Crippen molar-refractivity contribution in [2.75, 3.05) is 4.72 Å². The number of nitrogens with two attached hydrogens (primary N) is 1. The van der Waals surface area contributed by atoms with Gasteiger partial charge in [0.05, 0.1) is 40.4 Å². The van der Waals surface area contributed by atoms with E-state index in [9.17, 15) is 13.2 Å². The van der Waals surface area contributed by atoms with Crippen LogP contribution in [0.4, 0.5) is 5.69 Å². The van der Waals surface area contributed by atoms with Crippen LogP contribution < -0.4 is 10.5 Å². The average molecular weight is 406 g/mol. The lowest BCUT2D eigenvalue weighted by atomic mass is 10.2. The molecule has 3 aromatic rings. The molecular weight excluding hydrogens is 388 g/mol. The molecule has 0 aromatic carbocycles. The number of hydrogen-bond donors (Lipinski definition) is 2. The minimum Gasteiger partial charge on any atom is -0.369 e. The predicted molar refractivity (Wildman–Crippen MR) is 102 cm³/mol. The Morgan fingerprint density at radius 3 is 2.67 bits per heavy atom. The molecule has 0 saturated carbocycles. The molecule has 3 rings (SSSR count). The van der Waals surface area contributed by atoms with Gasteiger partial charge in [0.2, 0.25) is 5.91 Å². The minimum absolute atomic E-state index is 0.0254. The van der Waals surface area contributed by atoms with Gasteiger partial charge in [-0.2, -0.15) is 5.10 Å². The first kappa shape index (κ1) is 19.0. The van der Waals surface area contributed by atoms with Crippen molar-refractivity contribution in [3.8, 4) is 11.3 Å². The smallest absolute Gasteiger partial charge is 0.273 e. The first-order chi connectivity index (χ1) is 12.7. The Kier molecular flexibility index (Phi) is 4.98. The molecule has 3 N–H and O–H groups in total. The highest BCUT2D eigenvalue weighted by Crippen LogP contribution is 2.27. The van der Waals surface area contributed by atoms with Crippen LogP contribution in [0.15, 0.2) is 28.7 Å². The van der Waals surface area contributed by atoms with Gasteiger partial charge in [-0.05, 0) is 26.0 Å². The van der Waals surface area contributed by atoms with Gasteiger partial charge in [0.15, 0.2) is 4.21 Å². The summed E-state index contributed by atoms with van der Waals surface area (Å²) in [6.07, 6.45) is 3.04. The number of pyridine rings is 1. The van der Waals surface area contributed by atoms with Crippen LogP contribution in [0.5, 0.6) is 0 Å². The number of anilines is 1. The van der Waals surface area contributed by atoms with Crippen LogP contribution in [0.3, 0.4) is 0 Å². The van der Waals surface area contributed by atoms with Crippen molar-refractivity contribution in [3.63, 3.8) is 0 Å². The van der Waals surface area contributed by atoms with Crippen molar-refractivity contribution in [1.82, 2.24) is 19.7 Å². The molecule has 1 amide bonds. The molecule has 0 aliphatic carbocycles. The lowest BCUT2D eigenvalue weighted by molar-refractivity contribution is -0.117. The standard InChI is InChI=1S/C16H18N6O3S2/c1-9-16(26-10(2)19-9)27(24,25)21-13-4-11(7-18-8-13)14-5-12(6-15(17)23)20-22(14)3/h4-5,7-8,21H,6H2,1-3H3,(H2,17,23). The van der Waals surface area contributed by atoms with E-state index in [0.717, 1.165) is 11.3 Å². The maximum atomic E-state index is 12.6. The van der Waals surface area contributed by atoms with E-state index in [1.165, 1.54) is 6.20 Å². The number of aromatic nitrogens is 4. The van der Waals surface area contributed by atoms with Crippen LogP contribution in [0.2, 0.25) is 0 Å². The number of primary amides is 1. The number of nitrogens with zero attached hydrogens (tertiary/aromatic N) is 4. The van der Waals surface area contributed by atoms with Crippen molar-refractivity contribution in [2.45, 2.75) is 24.5 Å². The van der Waals surface area contributed by atoms with E-state index in [1.54, 1.807) is 43.9 Å². The van der Waals surface area contributed by atoms with Crippen molar-refractivity contribution in [2.24, 2.45) is 12.8 Å². The summed E-state index contributed by atoms with van der Waals surface area (Å²) in [5, 5.41) is 4.91. The molecule has 27 heavy (non-hydrogen) atoms. The molecule has 142 valence electrons. The van der Waals surface area contributed by atoms with E-state index in [4.69, 9.17) is 5.73 Å². The summed E-state index contributed by atoms with van der Waals surface area (Å²) in [7, 11) is -2.04. The highest BCUT2D eigenvalue weighted by molar-refractivity contribution is 7.94. The van der Waals surface area contributed by atoms with Crippen molar-refractivity contribution >= 4 is 33.0 Å². The molecule has 0 spiro atoms. The van der Waals surface area contributed by atoms with Gasteiger partial charge in [-0.15, -0.1) is 11.3 Å². The van der Waals surface area contributed by atoms with Crippen LogP contribution in [0.1, 0.15) is 16.4 Å². The van der Waals surface area contributed by atoms with Crippen LogP contribution in [-0.4, -0.2) is 34.1 Å². The fraction of sp³-hybridized carbons (Fsp3) is 0.250. The van der Waals surface area contributed by atoms with Gasteiger partial charge in [-0.25, -0.2) is 13.4 Å². The Morgan fingerprint density at radius 1 is 1.30 bits per heavy atom. The molecule has 11 heteroatoms. The van der Waals surface area contributed by atoms with Gasteiger partial charge >= 0.3 is 0 Å². The summed E-state index contributed by atoms with van der Waals surface area (Å²) >= 11 is 1.11. The van der Waals surface area contributed by atoms with E-state index in [2.05, 4.69) is 19.8 Å². The van der Waals surface area contributed by atoms with E-state index in [0.29, 0.717) is 33.3 Å². The number of thiazole rings is 1. The molecule has 3 aromatic heterocycles. The normalized spacial score (nSPS) is 11.5. The van der Waals surface area contributed by atoms with Crippen LogP contribution in [0, 0.1) is 13.8 Å². The van der Waals surface area contributed by atoms with Gasteiger partial charge in [-0.3, -0.25) is 19.2 Å². The van der Waals surface area contributed by atoms with E-state index < -0.39 is 15.9 Å². The van der Waals surface area contributed by atoms with Crippen molar-refractivity contribution in [3.05, 3.63) is 40.9 Å². The average Bonchev–Trinajstić information content (AvgIpc) is 3.08. The van der Waals surface area contributed by atoms with Gasteiger partial charge in [0.1, 0.15) is 0 Å². The molecule has 0 bridgehead atoms. The highest BCUT2D eigenvalue weighted by Gasteiger charge is 2.21. The van der Waals surface area contributed by atoms with E-state index in [1.807, 2.05) is 0 Å². The third-order valence-electron chi connectivity index (χ3n) is 3.68. The lowest BCUT2D eigenvalue weighted by Crippen LogP contribution is -2.14. The third-order valence-corrected chi connectivity index (χ3v) is 6.74. The van der Waals surface area contributed by atoms with Crippen molar-refractivity contribution < 1.29 is 13.2 Å². The monoisotopic (exact) mass is 406 g/mol. The number of rotatable bonds is 6. The Morgan fingerprint density at radius 2 is 2.04 bits per heavy atom. The summed E-state index contributed by atoms with van der Waals surface area (Å²) in [4.78, 5) is 19.3. The zero-order valence-corrected chi connectivity index (χ0v) is 16.6. The second-order valence-corrected chi connectivity index (χ2v) is 9.04. The fourth-order valence-corrected chi connectivity index (χ4v) is 5.18. The molecule has 0 atom stereocenters. The number of amides is 1. The number of sulfonamides is 1. The number of carbonyl (C=O) groups excluding carboxylic acids is 1. The minimum atomic E-state index is -3.76. The molecule has 0 radical (unpaired) electrons. The first-order valence-electron chi connectivity index (χ1n) is 7.89. The van der Waals surface area contributed by atoms with Gasteiger partial charge < -0.3 is 5.73 Å². The number of carbonyl (C=O) groups is 1. The van der Waals surface area contributed by atoms with Crippen LogP contribution in [-0.2, 0) is 28.3 Å². The summed E-state index contributed by atoms with van der Waals surface area (Å²) in [5.41, 5.74) is 7.84. The Labute approximate surface area is 160 Å². The second kappa shape index (κ2) is 7.08. The number of nitrogens with one attached hydrogen (secondary N) is 1. The zero-order valence-electron chi connectivity index (χ0n) is 14.9. The Balaban J connectivity index is 1.91. The predicted octanol–water partition coefficient (Wildman–Crippen LogP) is 1.38. The quantitative estimate of drug-likeness (QED) is 0.635. The summed E-state index contributed by atoms with van der Waals surface area (Å²) < 4.78 is 29.6. The van der Waals surface area contributed by atoms with Crippen molar-refractivity contribution in [1.29, 1.82) is 0 Å². The van der Waals surface area contributed by atoms with E-state index in [-0.39, 0.29) is 10.6 Å². The Bertz CT molecular complexity index is 1120. The molecule has 3 heterocycles. The van der Waals surface area contributed by atoms with Crippen LogP contribution in [0.25, 0.3) is 11.3 Å². The molecular formula is C16H18N6O3S2. The SMILES string of the molecule is Cc1nc(C)c(S(=O)(=O)Nc2cncc(-c3cc(CC(N)=O)nn3C)c2)s1. The highest BCUT2D eigenvalue weighted by atomic mass is 32.2. The van der Waals surface area contributed by atoms with Gasteiger partial charge in [0, 0.05) is 18.8 Å². The van der Waals surface area contributed by atoms with Gasteiger partial charge in [-0.1, -0.05) is 0 Å². The molecule has 0 fully saturated rings. The molecule has 0 saturated heterocycles. The fourth-order valence-electron chi connectivity index (χ4n) is 2.66. The summed E-state index contributed by atoms with van der Waals surface area (Å²) in [6, 6.07) is 3.37. The number of hydrogen-bond acceptors (Lipinski definition) is 7. The largest absolute Gasteiger partial charge is 0.369 e. The van der Waals surface area contributed by atoms with Gasteiger partial charge in [0.25, 0.3) is 10.0 Å². The second-order valence-electron chi connectivity index (χ2n) is 5.96. The Hall–Kier alpha value is -2.79. The third kappa shape index (κ3) is 4.14. The molecule has 0 unspecified atom stereocenters. The maximum absolute atomic E-state index is 12.6. The summed E-state index contributed by atoms with van der Waals surface area (Å²) in [5.74, 6) is -0.477. The molecule has 0 aliphatic rings. The lowest BCUT2D eigenvalue weighted by Gasteiger charge is -2.08.